The van der Waals surface area contributed by atoms with Gasteiger partial charge in [0.05, 0.1) is 0 Å². The number of amides is 2. The van der Waals surface area contributed by atoms with Gasteiger partial charge in [-0.25, -0.2) is 0 Å². The summed E-state index contributed by atoms with van der Waals surface area (Å²) in [4.78, 5) is 26.8. The molecule has 0 radical (unpaired) electrons. The first-order valence-corrected chi connectivity index (χ1v) is 8.13. The smallest absolute Gasteiger partial charge is 0.253 e. The van der Waals surface area contributed by atoms with E-state index < -0.39 is 0 Å². The maximum absolute atomic E-state index is 12.7. The summed E-state index contributed by atoms with van der Waals surface area (Å²) in [5.74, 6) is 0.304. The van der Waals surface area contributed by atoms with Gasteiger partial charge >= 0.3 is 0 Å². The number of hydrogen-bond acceptors (Lipinski definition) is 2. The topological polar surface area (TPSA) is 49.4 Å². The third-order valence-electron chi connectivity index (χ3n) is 5.41. The summed E-state index contributed by atoms with van der Waals surface area (Å²) < 4.78 is 0. The molecule has 2 aliphatic rings. The molecule has 2 fully saturated rings. The minimum atomic E-state index is -0.000418. The van der Waals surface area contributed by atoms with E-state index in [-0.39, 0.29) is 23.1 Å². The molecule has 0 aromatic heterocycles. The van der Waals surface area contributed by atoms with Crippen molar-refractivity contribution in [3.63, 3.8) is 0 Å². The molecule has 1 spiro atoms. The van der Waals surface area contributed by atoms with E-state index in [2.05, 4.69) is 5.32 Å². The Bertz CT molecular complexity index is 599. The number of likely N-dealkylation sites (tertiary alicyclic amines) is 1. The lowest BCUT2D eigenvalue weighted by atomic mass is 9.76. The number of benzene rings is 1. The summed E-state index contributed by atoms with van der Waals surface area (Å²) in [6.07, 6.45) is 4.04. The zero-order valence-electron chi connectivity index (χ0n) is 13.4. The van der Waals surface area contributed by atoms with Crippen LogP contribution >= 0.6 is 0 Å². The van der Waals surface area contributed by atoms with Crippen LogP contribution in [0.3, 0.4) is 0 Å². The molecule has 1 aromatic rings. The van der Waals surface area contributed by atoms with Crippen LogP contribution in [0.4, 0.5) is 0 Å². The van der Waals surface area contributed by atoms with E-state index in [0.29, 0.717) is 0 Å². The molecule has 2 amide bonds. The fraction of sp³-hybridized carbons (Fsp3) is 0.556. The Hall–Kier alpha value is -1.84. The maximum atomic E-state index is 12.7. The Morgan fingerprint density at radius 1 is 1.32 bits per heavy atom. The lowest BCUT2D eigenvalue weighted by molar-refractivity contribution is -0.127. The molecule has 1 N–H and O–H groups in total. The zero-order chi connectivity index (χ0) is 15.7. The van der Waals surface area contributed by atoms with Crippen molar-refractivity contribution in [1.29, 1.82) is 0 Å². The molecule has 1 aliphatic carbocycles. The van der Waals surface area contributed by atoms with Gasteiger partial charge in [0, 0.05) is 37.0 Å². The highest BCUT2D eigenvalue weighted by molar-refractivity contribution is 5.94. The molecule has 1 heterocycles. The van der Waals surface area contributed by atoms with E-state index in [1.807, 2.05) is 36.1 Å². The number of nitrogens with one attached hydrogen (secondary N) is 1. The van der Waals surface area contributed by atoms with E-state index in [1.54, 1.807) is 7.05 Å². The normalized spacial score (nSPS) is 27.4. The fourth-order valence-electron chi connectivity index (χ4n) is 4.24. The Morgan fingerprint density at radius 3 is 2.86 bits per heavy atom. The van der Waals surface area contributed by atoms with Gasteiger partial charge in [0.1, 0.15) is 0 Å². The third kappa shape index (κ3) is 2.51. The van der Waals surface area contributed by atoms with Crippen LogP contribution < -0.4 is 5.32 Å². The molecule has 4 heteroatoms. The van der Waals surface area contributed by atoms with E-state index in [9.17, 15) is 9.59 Å². The Morgan fingerprint density at radius 2 is 2.14 bits per heavy atom. The number of carbonyl (C=O) groups is 2. The van der Waals surface area contributed by atoms with Crippen molar-refractivity contribution in [1.82, 2.24) is 10.2 Å². The first-order chi connectivity index (χ1) is 10.6. The van der Waals surface area contributed by atoms with Gasteiger partial charge in [0.25, 0.3) is 5.91 Å². The van der Waals surface area contributed by atoms with Gasteiger partial charge in [-0.2, -0.15) is 0 Å². The quantitative estimate of drug-likeness (QED) is 0.911. The summed E-state index contributed by atoms with van der Waals surface area (Å²) in [7, 11) is 1.71. The molecule has 4 nitrogen and oxygen atoms in total. The lowest BCUT2D eigenvalue weighted by Gasteiger charge is -2.30. The molecule has 22 heavy (non-hydrogen) atoms. The highest BCUT2D eigenvalue weighted by Gasteiger charge is 2.51. The van der Waals surface area contributed by atoms with E-state index in [4.69, 9.17) is 0 Å². The van der Waals surface area contributed by atoms with Crippen molar-refractivity contribution < 1.29 is 9.59 Å². The van der Waals surface area contributed by atoms with Crippen LogP contribution in [0.25, 0.3) is 0 Å². The number of rotatable bonds is 2. The summed E-state index contributed by atoms with van der Waals surface area (Å²) in [5.41, 5.74) is 1.86. The maximum Gasteiger partial charge on any atom is 0.253 e. The van der Waals surface area contributed by atoms with Crippen LogP contribution in [0.1, 0.15) is 41.6 Å². The predicted octanol–water partition coefficient (Wildman–Crippen LogP) is 2.37. The SMILES string of the molecule is CNC(=O)C1CCCC12CCN(C(=O)c1cccc(C)c1)C2. The summed E-state index contributed by atoms with van der Waals surface area (Å²) >= 11 is 0. The molecule has 1 saturated carbocycles. The largest absolute Gasteiger partial charge is 0.359 e. The zero-order valence-corrected chi connectivity index (χ0v) is 13.4. The third-order valence-corrected chi connectivity index (χ3v) is 5.41. The molecule has 3 rings (SSSR count). The van der Waals surface area contributed by atoms with Gasteiger partial charge in [-0.1, -0.05) is 24.1 Å². The van der Waals surface area contributed by atoms with Crippen molar-refractivity contribution in [2.75, 3.05) is 20.1 Å². The average Bonchev–Trinajstić information content (AvgIpc) is 3.13. The summed E-state index contributed by atoms with van der Waals surface area (Å²) in [5, 5.41) is 2.80. The number of carbonyl (C=O) groups excluding carboxylic acids is 2. The van der Waals surface area contributed by atoms with Gasteiger partial charge in [-0.15, -0.1) is 0 Å². The molecule has 0 bridgehead atoms. The van der Waals surface area contributed by atoms with Crippen molar-refractivity contribution in [2.24, 2.45) is 11.3 Å². The molecular weight excluding hydrogens is 276 g/mol. The average molecular weight is 300 g/mol. The van der Waals surface area contributed by atoms with Crippen LogP contribution in [0.5, 0.6) is 0 Å². The second-order valence-electron chi connectivity index (χ2n) is 6.77. The van der Waals surface area contributed by atoms with E-state index >= 15 is 0 Å². The lowest BCUT2D eigenvalue weighted by Crippen LogP contribution is -2.40. The Kier molecular flexibility index (Phi) is 3.94. The summed E-state index contributed by atoms with van der Waals surface area (Å²) in [6.45, 7) is 3.49. The predicted molar refractivity (Wildman–Crippen MR) is 85.5 cm³/mol. The van der Waals surface area contributed by atoms with Crippen molar-refractivity contribution in [3.8, 4) is 0 Å². The molecule has 2 atom stereocenters. The van der Waals surface area contributed by atoms with E-state index in [1.165, 1.54) is 0 Å². The van der Waals surface area contributed by atoms with Gasteiger partial charge in [0.2, 0.25) is 5.91 Å². The highest BCUT2D eigenvalue weighted by atomic mass is 16.2. The van der Waals surface area contributed by atoms with E-state index in [0.717, 1.165) is 49.9 Å². The minimum absolute atomic E-state index is 0.000418. The van der Waals surface area contributed by atoms with Crippen LogP contribution in [0, 0.1) is 18.3 Å². The number of nitrogens with zero attached hydrogens (tertiary/aromatic N) is 1. The van der Waals surface area contributed by atoms with Crippen LogP contribution in [-0.4, -0.2) is 36.9 Å². The minimum Gasteiger partial charge on any atom is -0.359 e. The van der Waals surface area contributed by atoms with Crippen molar-refractivity contribution in [3.05, 3.63) is 35.4 Å². The van der Waals surface area contributed by atoms with Gasteiger partial charge in [-0.05, 0) is 38.3 Å². The van der Waals surface area contributed by atoms with Gasteiger partial charge < -0.3 is 10.2 Å². The summed E-state index contributed by atoms with van der Waals surface area (Å²) in [6, 6.07) is 7.75. The molecule has 1 aliphatic heterocycles. The second-order valence-corrected chi connectivity index (χ2v) is 6.77. The van der Waals surface area contributed by atoms with Gasteiger partial charge in [0.15, 0.2) is 0 Å². The monoisotopic (exact) mass is 300 g/mol. The molecule has 2 unspecified atom stereocenters. The van der Waals surface area contributed by atoms with Crippen LogP contribution in [0.15, 0.2) is 24.3 Å². The molecule has 1 saturated heterocycles. The molecular formula is C18H24N2O2. The second kappa shape index (κ2) is 5.75. The van der Waals surface area contributed by atoms with Crippen molar-refractivity contribution >= 4 is 11.8 Å². The number of hydrogen-bond donors (Lipinski definition) is 1. The van der Waals surface area contributed by atoms with Crippen LogP contribution in [-0.2, 0) is 4.79 Å². The Balaban J connectivity index is 1.77. The standard InChI is InChI=1S/C18H24N2O2/c1-13-5-3-6-14(11-13)17(22)20-10-9-18(12-20)8-4-7-15(18)16(21)19-2/h3,5-6,11,15H,4,7-10,12H2,1-2H3,(H,19,21). The van der Waals surface area contributed by atoms with Gasteiger partial charge in [-0.3, -0.25) is 9.59 Å². The first kappa shape index (κ1) is 15.1. The highest BCUT2D eigenvalue weighted by Crippen LogP contribution is 2.50. The molecule has 118 valence electrons. The fourth-order valence-corrected chi connectivity index (χ4v) is 4.24. The Labute approximate surface area is 131 Å². The molecule has 1 aromatic carbocycles. The number of aryl methyl sites for hydroxylation is 1. The van der Waals surface area contributed by atoms with Crippen molar-refractivity contribution in [2.45, 2.75) is 32.6 Å². The van der Waals surface area contributed by atoms with Crippen LogP contribution in [0.2, 0.25) is 0 Å². The first-order valence-electron chi connectivity index (χ1n) is 8.13.